The molecule has 17 heavy (non-hydrogen) atoms. The molecule has 0 atom stereocenters. The Balaban J connectivity index is 0.000000171. The van der Waals surface area contributed by atoms with Crippen LogP contribution in [0.15, 0.2) is 56.0 Å². The normalized spacial score (nSPS) is 8.76. The fraction of sp³-hybridized carbons (Fsp3) is 0.0667. The van der Waals surface area contributed by atoms with Gasteiger partial charge < -0.3 is 0 Å². The van der Waals surface area contributed by atoms with Gasteiger partial charge in [0, 0.05) is 24.3 Å². The minimum atomic E-state index is 1.04. The lowest BCUT2D eigenvalue weighted by Crippen LogP contribution is -1.78. The smallest absolute Gasteiger partial charge is 0.0373 e. The van der Waals surface area contributed by atoms with Crippen LogP contribution in [-0.2, 0) is 0 Å². The fourth-order valence-electron chi connectivity index (χ4n) is 1.10. The summed E-state index contributed by atoms with van der Waals surface area (Å²) in [6.07, 6.45) is 8.88. The van der Waals surface area contributed by atoms with E-state index >= 15 is 0 Å². The summed E-state index contributed by atoms with van der Waals surface area (Å²) >= 11 is 0. The number of nitrogens with zero attached hydrogens (tertiary/aromatic N) is 2. The van der Waals surface area contributed by atoms with Crippen molar-refractivity contribution in [2.24, 2.45) is 0 Å². The summed E-state index contributed by atoms with van der Waals surface area (Å²) in [5.41, 5.74) is 3.22. The van der Waals surface area contributed by atoms with Gasteiger partial charge in [0.1, 0.15) is 0 Å². The molecule has 2 nitrogen and oxygen atoms in total. The first-order valence-electron chi connectivity index (χ1n) is 5.34. The maximum absolute atomic E-state index is 4.08. The standard InChI is InChI=1S/C8H9N.C7H7N/c1-3-8-5-4-7(2)9-6-8;1-2-7-3-5-8-6-4-7/h3-6H,1H2,2H3;2-6H,1H2. The van der Waals surface area contributed by atoms with Crippen LogP contribution in [0.1, 0.15) is 16.8 Å². The molecule has 0 saturated carbocycles. The van der Waals surface area contributed by atoms with Crippen molar-refractivity contribution >= 4 is 12.2 Å². The second-order valence-electron chi connectivity index (χ2n) is 3.42. The Kier molecular flexibility index (Phi) is 5.38. The average Bonchev–Trinajstić information content (AvgIpc) is 2.41. The largest absolute Gasteiger partial charge is 0.265 e. The van der Waals surface area contributed by atoms with Crippen molar-refractivity contribution in [2.45, 2.75) is 6.92 Å². The predicted molar refractivity (Wildman–Crippen MR) is 73.4 cm³/mol. The van der Waals surface area contributed by atoms with E-state index in [0.717, 1.165) is 16.8 Å². The number of hydrogen-bond donors (Lipinski definition) is 0. The van der Waals surface area contributed by atoms with Crippen LogP contribution in [0.5, 0.6) is 0 Å². The lowest BCUT2D eigenvalue weighted by atomic mass is 10.2. The van der Waals surface area contributed by atoms with E-state index in [1.54, 1.807) is 24.5 Å². The van der Waals surface area contributed by atoms with Gasteiger partial charge in [-0.3, -0.25) is 9.97 Å². The summed E-state index contributed by atoms with van der Waals surface area (Å²) in [7, 11) is 0. The summed E-state index contributed by atoms with van der Waals surface area (Å²) in [4.78, 5) is 7.92. The molecule has 0 radical (unpaired) electrons. The lowest BCUT2D eigenvalue weighted by molar-refractivity contribution is 1.19. The van der Waals surface area contributed by atoms with Gasteiger partial charge in [-0.2, -0.15) is 0 Å². The van der Waals surface area contributed by atoms with E-state index in [0.29, 0.717) is 0 Å². The minimum absolute atomic E-state index is 1.04. The predicted octanol–water partition coefficient (Wildman–Crippen LogP) is 3.76. The van der Waals surface area contributed by atoms with E-state index in [-0.39, 0.29) is 0 Å². The molecule has 2 heterocycles. The molecule has 0 saturated heterocycles. The zero-order chi connectivity index (χ0) is 12.5. The second kappa shape index (κ2) is 7.12. The van der Waals surface area contributed by atoms with Crippen LogP contribution < -0.4 is 0 Å². The van der Waals surface area contributed by atoms with E-state index in [1.807, 2.05) is 37.4 Å². The van der Waals surface area contributed by atoms with Gasteiger partial charge in [0.15, 0.2) is 0 Å². The molecule has 0 aliphatic rings. The Labute approximate surface area is 102 Å². The van der Waals surface area contributed by atoms with Crippen LogP contribution in [0, 0.1) is 6.92 Å². The van der Waals surface area contributed by atoms with Gasteiger partial charge >= 0.3 is 0 Å². The fourth-order valence-corrected chi connectivity index (χ4v) is 1.10. The third kappa shape index (κ3) is 4.89. The van der Waals surface area contributed by atoms with Crippen LogP contribution in [-0.4, -0.2) is 9.97 Å². The number of rotatable bonds is 2. The molecule has 2 aromatic rings. The summed E-state index contributed by atoms with van der Waals surface area (Å²) in [5.74, 6) is 0. The molecular weight excluding hydrogens is 208 g/mol. The average molecular weight is 224 g/mol. The highest BCUT2D eigenvalue weighted by atomic mass is 14.6. The first-order chi connectivity index (χ1) is 8.26. The quantitative estimate of drug-likeness (QED) is 0.776. The molecular formula is C15H16N2. The number of hydrogen-bond acceptors (Lipinski definition) is 2. The Hall–Kier alpha value is -2.22. The third-order valence-electron chi connectivity index (χ3n) is 2.11. The second-order valence-corrected chi connectivity index (χ2v) is 3.42. The first kappa shape index (κ1) is 12.8. The molecule has 0 spiro atoms. The molecule has 0 bridgehead atoms. The third-order valence-corrected chi connectivity index (χ3v) is 2.11. The van der Waals surface area contributed by atoms with Crippen molar-refractivity contribution in [3.05, 3.63) is 72.8 Å². The molecule has 0 aromatic carbocycles. The Morgan fingerprint density at radius 1 is 0.941 bits per heavy atom. The van der Waals surface area contributed by atoms with Crippen molar-refractivity contribution in [1.29, 1.82) is 0 Å². The lowest BCUT2D eigenvalue weighted by Gasteiger charge is -1.90. The van der Waals surface area contributed by atoms with E-state index in [2.05, 4.69) is 23.1 Å². The van der Waals surface area contributed by atoms with Gasteiger partial charge in [-0.25, -0.2) is 0 Å². The Morgan fingerprint density at radius 3 is 2.00 bits per heavy atom. The van der Waals surface area contributed by atoms with Crippen molar-refractivity contribution in [3.8, 4) is 0 Å². The Morgan fingerprint density at radius 2 is 1.59 bits per heavy atom. The number of aromatic nitrogens is 2. The van der Waals surface area contributed by atoms with Crippen LogP contribution in [0.25, 0.3) is 12.2 Å². The monoisotopic (exact) mass is 224 g/mol. The van der Waals surface area contributed by atoms with Gasteiger partial charge in [0.25, 0.3) is 0 Å². The molecule has 0 N–H and O–H groups in total. The maximum Gasteiger partial charge on any atom is 0.0373 e. The van der Waals surface area contributed by atoms with E-state index in [4.69, 9.17) is 0 Å². The first-order valence-corrected chi connectivity index (χ1v) is 5.34. The molecule has 2 aromatic heterocycles. The van der Waals surface area contributed by atoms with Crippen LogP contribution in [0.2, 0.25) is 0 Å². The van der Waals surface area contributed by atoms with Gasteiger partial charge in [0.2, 0.25) is 0 Å². The molecule has 0 fully saturated rings. The summed E-state index contributed by atoms with van der Waals surface area (Å²) < 4.78 is 0. The highest BCUT2D eigenvalue weighted by Gasteiger charge is 1.83. The van der Waals surface area contributed by atoms with Gasteiger partial charge in [-0.1, -0.05) is 31.4 Å². The molecule has 2 heteroatoms. The topological polar surface area (TPSA) is 25.8 Å². The van der Waals surface area contributed by atoms with Crippen molar-refractivity contribution in [2.75, 3.05) is 0 Å². The molecule has 0 unspecified atom stereocenters. The number of aryl methyl sites for hydroxylation is 1. The highest BCUT2D eigenvalue weighted by Crippen LogP contribution is 1.98. The Bertz CT molecular complexity index is 458. The van der Waals surface area contributed by atoms with Crippen molar-refractivity contribution in [1.82, 2.24) is 9.97 Å². The van der Waals surface area contributed by atoms with Gasteiger partial charge in [-0.05, 0) is 36.2 Å². The van der Waals surface area contributed by atoms with Gasteiger partial charge in [0.05, 0.1) is 0 Å². The van der Waals surface area contributed by atoms with Gasteiger partial charge in [-0.15, -0.1) is 0 Å². The van der Waals surface area contributed by atoms with Crippen LogP contribution in [0.4, 0.5) is 0 Å². The zero-order valence-corrected chi connectivity index (χ0v) is 10.0. The zero-order valence-electron chi connectivity index (χ0n) is 10.0. The highest BCUT2D eigenvalue weighted by molar-refractivity contribution is 5.45. The van der Waals surface area contributed by atoms with Crippen LogP contribution in [0.3, 0.4) is 0 Å². The van der Waals surface area contributed by atoms with E-state index < -0.39 is 0 Å². The molecule has 86 valence electrons. The summed E-state index contributed by atoms with van der Waals surface area (Å²) in [6, 6.07) is 7.78. The van der Waals surface area contributed by atoms with E-state index in [9.17, 15) is 0 Å². The maximum atomic E-state index is 4.08. The van der Waals surface area contributed by atoms with Crippen molar-refractivity contribution in [3.63, 3.8) is 0 Å². The van der Waals surface area contributed by atoms with Crippen LogP contribution >= 0.6 is 0 Å². The summed E-state index contributed by atoms with van der Waals surface area (Å²) in [6.45, 7) is 9.19. The van der Waals surface area contributed by atoms with Crippen molar-refractivity contribution < 1.29 is 0 Å². The van der Waals surface area contributed by atoms with E-state index in [1.165, 1.54) is 0 Å². The molecule has 0 amide bonds. The molecule has 0 aliphatic heterocycles. The SMILES string of the molecule is C=Cc1ccc(C)nc1.C=Cc1ccncc1. The molecule has 2 rings (SSSR count). The number of pyridine rings is 2. The summed E-state index contributed by atoms with van der Waals surface area (Å²) in [5, 5.41) is 0. The minimum Gasteiger partial charge on any atom is -0.265 e. The molecule has 0 aliphatic carbocycles.